The maximum absolute atomic E-state index is 13.9. The third kappa shape index (κ3) is 17.6. The normalized spacial score (nSPS) is 15.4. The molecular weight excluding hydrogens is 1230 g/mol. The van der Waals surface area contributed by atoms with Gasteiger partial charge in [0, 0.05) is 36.3 Å². The number of ether oxygens (including phenoxy) is 2. The van der Waals surface area contributed by atoms with Crippen LogP contribution < -0.4 is 68.6 Å². The Morgan fingerprint density at radius 3 is 1.20 bits per heavy atom. The minimum atomic E-state index is -0.811. The Morgan fingerprint density at radius 1 is 0.565 bits per heavy atom. The van der Waals surface area contributed by atoms with Crippen LogP contribution in [0.4, 0.5) is 37.2 Å². The third-order valence-electron chi connectivity index (χ3n) is 14.1. The van der Waals surface area contributed by atoms with Gasteiger partial charge in [0.25, 0.3) is 17.7 Å². The van der Waals surface area contributed by atoms with Crippen LogP contribution in [0.5, 0.6) is 0 Å². The number of nitrogens with two attached hydrogens (primary N) is 3. The Bertz CT molecular complexity index is 3710. The fraction of sp³-hybridized carbons (Fsp3) is 0.359. The number of carbonyl (C=O) groups excluding carboxylic acids is 6. The molecule has 7 aromatic rings. The molecule has 0 spiro atoms. The maximum Gasteiger partial charge on any atom is 1.00 e. The first kappa shape index (κ1) is 76.1. The molecule has 92 heavy (non-hydrogen) atoms. The second kappa shape index (κ2) is 31.8. The van der Waals surface area contributed by atoms with Crippen LogP contribution in [0.3, 0.4) is 0 Å². The first-order chi connectivity index (χ1) is 41.6. The van der Waals surface area contributed by atoms with Crippen LogP contribution in [-0.2, 0) is 40.3 Å². The summed E-state index contributed by atoms with van der Waals surface area (Å²) in [5.74, 6) is -4.06. The molecule has 4 aromatic carbocycles. The average Bonchev–Trinajstić information content (AvgIpc) is 1.62. The fourth-order valence-corrected chi connectivity index (χ4v) is 10.2. The van der Waals surface area contributed by atoms with Crippen molar-refractivity contribution in [2.45, 2.75) is 112 Å². The van der Waals surface area contributed by atoms with Gasteiger partial charge in [0.1, 0.15) is 59.1 Å². The summed E-state index contributed by atoms with van der Waals surface area (Å²) >= 11 is 0. The van der Waals surface area contributed by atoms with Gasteiger partial charge in [-0.2, -0.15) is 15.3 Å². The van der Waals surface area contributed by atoms with Crippen molar-refractivity contribution >= 4 is 41.5 Å². The Hall–Kier alpha value is -8.33. The van der Waals surface area contributed by atoms with Crippen LogP contribution in [-0.4, -0.2) is 136 Å². The van der Waals surface area contributed by atoms with Crippen LogP contribution in [0, 0.1) is 31.5 Å². The quantitative estimate of drug-likeness (QED) is 0.0565. The van der Waals surface area contributed by atoms with Gasteiger partial charge in [-0.25, -0.2) is 36.4 Å². The minimum Gasteiger partial charge on any atom is -0.444 e. The van der Waals surface area contributed by atoms with Crippen molar-refractivity contribution in [1.82, 2.24) is 44.0 Å². The molecule has 0 bridgehead atoms. The van der Waals surface area contributed by atoms with Crippen molar-refractivity contribution in [3.63, 3.8) is 0 Å². The molecule has 0 aliphatic carbocycles. The zero-order valence-electron chi connectivity index (χ0n) is 50.8. The Balaban J connectivity index is 0.000000289. The number of aliphatic hydroxyl groups is 1. The SMILES string of the molecule is C.C.CC(C)(C)OC(=O)N1Cc2c(C(N)=O)c(-c3cccc(F)c3)nn2C(CF)C1.CC(C)(C)OC(=O)N1Cc2c(C(N)=O)c(-c3cccc(F)c3)nn2C(CO)C1.[C-]#[N+]c1ccc(CC(=O)N2Cc3c(C(N)=O)c(-c4cccc(F)c4)nn3C(CF)C2)cc1.[CH3-].[K+]. The van der Waals surface area contributed by atoms with Crippen molar-refractivity contribution in [3.8, 4) is 33.8 Å². The summed E-state index contributed by atoms with van der Waals surface area (Å²) < 4.78 is 83.7. The molecule has 486 valence electrons. The zero-order chi connectivity index (χ0) is 64.1. The van der Waals surface area contributed by atoms with E-state index in [1.807, 2.05) is 0 Å². The molecule has 6 heterocycles. The standard InChI is InChI=1S/C23H19F2N5O2.C19H22F2N4O3.C19H23FN4O4.2CH4.CH3.K/c1-27-17-7-5-14(6-8-17)9-20(31)29-12-18(11-24)30-19(13-29)21(23(26)32)22(28-30)15-3-2-4-16(25)10-15;1-19(2,3)28-18(27)24-9-13(8-20)25-14(10-24)15(17(22)26)16(23-25)11-5-4-6-12(21)7-11;1-19(2,3)28-18(27)23-8-13(10-25)24-14(9-23)15(17(21)26)16(22-24)11-5-4-6-12(20)7-11;;;;/h2-8,10,18H,9,11-13H2,(H2,26,32);4-7,13H,8-10H2,1-3H3,(H2,22,26);4-7,13,25H,8-10H2,1-3H3,(H2,21,26);2*1H4;1H3;/q;;;;;-1;+1. The number of halogens is 5. The maximum atomic E-state index is 13.9. The molecule has 3 aliphatic heterocycles. The van der Waals surface area contributed by atoms with Crippen LogP contribution in [0.15, 0.2) is 97.1 Å². The number of rotatable bonds is 11. The molecule has 7 N–H and O–H groups in total. The largest absolute Gasteiger partial charge is 1.00 e. The van der Waals surface area contributed by atoms with E-state index in [-0.39, 0.29) is 166 Å². The number of benzene rings is 4. The molecule has 3 aliphatic rings. The van der Waals surface area contributed by atoms with Gasteiger partial charge in [0.05, 0.1) is 91.1 Å². The van der Waals surface area contributed by atoms with Gasteiger partial charge < -0.3 is 53.9 Å². The Kier molecular flexibility index (Phi) is 26.3. The van der Waals surface area contributed by atoms with E-state index in [1.54, 1.807) is 84.0 Å². The van der Waals surface area contributed by atoms with Crippen molar-refractivity contribution in [1.29, 1.82) is 0 Å². The minimum absolute atomic E-state index is 0. The number of carbonyl (C=O) groups is 6. The Labute approximate surface area is 573 Å². The van der Waals surface area contributed by atoms with E-state index in [9.17, 15) is 55.8 Å². The number of fused-ring (bicyclic) bond motifs is 3. The third-order valence-corrected chi connectivity index (χ3v) is 14.1. The predicted molar refractivity (Wildman–Crippen MR) is 330 cm³/mol. The fourth-order valence-electron chi connectivity index (χ4n) is 10.2. The number of aromatic nitrogens is 6. The molecular formula is C64H75F5KN13O9. The van der Waals surface area contributed by atoms with E-state index in [0.717, 1.165) is 0 Å². The summed E-state index contributed by atoms with van der Waals surface area (Å²) in [6, 6.07) is 21.2. The summed E-state index contributed by atoms with van der Waals surface area (Å²) in [6.45, 7) is 15.8. The molecule has 28 heteroatoms. The summed E-state index contributed by atoms with van der Waals surface area (Å²) in [5.41, 5.74) is 19.3. The van der Waals surface area contributed by atoms with Gasteiger partial charge >= 0.3 is 63.6 Å². The topological polar surface area (TPSA) is 287 Å². The zero-order valence-corrected chi connectivity index (χ0v) is 54.0. The van der Waals surface area contributed by atoms with E-state index in [1.165, 1.54) is 83.3 Å². The Morgan fingerprint density at radius 2 is 0.891 bits per heavy atom. The van der Waals surface area contributed by atoms with Crippen molar-refractivity contribution < 1.29 is 117 Å². The van der Waals surface area contributed by atoms with Gasteiger partial charge in [-0.1, -0.05) is 75.5 Å². The van der Waals surface area contributed by atoms with Gasteiger partial charge in [-0.15, -0.1) is 0 Å². The summed E-state index contributed by atoms with van der Waals surface area (Å²) in [7, 11) is 0. The van der Waals surface area contributed by atoms with E-state index < -0.39 is 90.0 Å². The molecule has 6 amide bonds. The van der Waals surface area contributed by atoms with Crippen LogP contribution in [0.2, 0.25) is 0 Å². The summed E-state index contributed by atoms with van der Waals surface area (Å²) in [5, 5.41) is 22.9. The molecule has 0 saturated heterocycles. The monoisotopic (exact) mass is 1300 g/mol. The number of alkyl halides is 2. The molecule has 10 rings (SSSR count). The van der Waals surface area contributed by atoms with Crippen LogP contribution in [0.25, 0.3) is 38.6 Å². The van der Waals surface area contributed by atoms with E-state index >= 15 is 0 Å². The van der Waals surface area contributed by atoms with Crippen molar-refractivity contribution in [2.75, 3.05) is 39.6 Å². The van der Waals surface area contributed by atoms with Gasteiger partial charge in [0.2, 0.25) is 5.91 Å². The number of amides is 6. The summed E-state index contributed by atoms with van der Waals surface area (Å²) in [4.78, 5) is 82.1. The summed E-state index contributed by atoms with van der Waals surface area (Å²) in [6.07, 6.45) is -1.13. The molecule has 3 aromatic heterocycles. The number of aliphatic hydroxyl groups excluding tert-OH is 1. The molecule has 22 nitrogen and oxygen atoms in total. The number of primary amides is 3. The average molecular weight is 1300 g/mol. The molecule has 0 saturated carbocycles. The second-order valence-electron chi connectivity index (χ2n) is 22.9. The second-order valence-corrected chi connectivity index (χ2v) is 22.9. The number of hydrogen-bond acceptors (Lipinski definition) is 12. The molecule has 3 unspecified atom stereocenters. The first-order valence-corrected chi connectivity index (χ1v) is 27.6. The molecule has 0 fully saturated rings. The van der Waals surface area contributed by atoms with Gasteiger partial charge in [0.15, 0.2) is 5.69 Å². The number of hydrogen-bond donors (Lipinski definition) is 4. The van der Waals surface area contributed by atoms with Gasteiger partial charge in [-0.05, 0) is 83.5 Å². The molecule has 3 atom stereocenters. The predicted octanol–water partition coefficient (Wildman–Crippen LogP) is 7.28. The van der Waals surface area contributed by atoms with E-state index in [4.69, 9.17) is 33.2 Å². The first-order valence-electron chi connectivity index (χ1n) is 27.6. The van der Waals surface area contributed by atoms with Crippen molar-refractivity contribution in [2.24, 2.45) is 17.2 Å². The van der Waals surface area contributed by atoms with Gasteiger partial charge in [-0.3, -0.25) is 33.2 Å². The van der Waals surface area contributed by atoms with Crippen LogP contribution in [0.1, 0.15) is 128 Å². The van der Waals surface area contributed by atoms with E-state index in [2.05, 4.69) is 20.1 Å². The number of nitrogens with zero attached hydrogens (tertiary/aromatic N) is 10. The molecule has 0 radical (unpaired) electrons. The van der Waals surface area contributed by atoms with E-state index in [0.29, 0.717) is 45.0 Å². The smallest absolute Gasteiger partial charge is 0.444 e. The van der Waals surface area contributed by atoms with Crippen LogP contribution >= 0.6 is 0 Å². The van der Waals surface area contributed by atoms with Crippen molar-refractivity contribution in [3.05, 3.63) is 173 Å².